The van der Waals surface area contributed by atoms with Gasteiger partial charge in [0.05, 0.1) is 19.2 Å². The van der Waals surface area contributed by atoms with Gasteiger partial charge in [0, 0.05) is 13.2 Å². The molecule has 102 valence electrons. The number of methoxy groups -OCH3 is 2. The highest BCUT2D eigenvalue weighted by Crippen LogP contribution is 2.37. The number of rotatable bonds is 8. The molecule has 0 unspecified atom stereocenters. The van der Waals surface area contributed by atoms with E-state index in [1.54, 1.807) is 14.2 Å². The first-order valence-electron chi connectivity index (χ1n) is 5.95. The number of nitrogens with one attached hydrogen (secondary N) is 1. The Kier molecular flexibility index (Phi) is 6.86. The molecule has 0 aromatic heterocycles. The van der Waals surface area contributed by atoms with E-state index in [-0.39, 0.29) is 6.61 Å². The van der Waals surface area contributed by atoms with E-state index < -0.39 is 0 Å². The zero-order valence-electron chi connectivity index (χ0n) is 10.8. The van der Waals surface area contributed by atoms with E-state index in [1.165, 1.54) is 0 Å². The summed E-state index contributed by atoms with van der Waals surface area (Å²) >= 11 is 6.25. The lowest BCUT2D eigenvalue weighted by molar-refractivity contribution is 0.283. The van der Waals surface area contributed by atoms with Gasteiger partial charge in [0.25, 0.3) is 0 Å². The van der Waals surface area contributed by atoms with E-state index in [0.717, 1.165) is 24.9 Å². The van der Waals surface area contributed by atoms with E-state index in [2.05, 4.69) is 5.32 Å². The predicted octanol–water partition coefficient (Wildman–Crippen LogP) is 2.22. The number of ether oxygens (including phenoxy) is 2. The number of aliphatic hydroxyl groups is 1. The molecule has 0 saturated heterocycles. The molecule has 0 heterocycles. The smallest absolute Gasteiger partial charge is 0.179 e. The van der Waals surface area contributed by atoms with Crippen LogP contribution < -0.4 is 14.8 Å². The van der Waals surface area contributed by atoms with Gasteiger partial charge >= 0.3 is 0 Å². The summed E-state index contributed by atoms with van der Waals surface area (Å²) in [4.78, 5) is 0. The van der Waals surface area contributed by atoms with Crippen LogP contribution in [-0.2, 0) is 6.54 Å². The van der Waals surface area contributed by atoms with Gasteiger partial charge in [0.15, 0.2) is 11.5 Å². The van der Waals surface area contributed by atoms with Crippen LogP contribution in [0.3, 0.4) is 0 Å². The van der Waals surface area contributed by atoms with Crippen molar-refractivity contribution in [2.75, 3.05) is 27.4 Å². The van der Waals surface area contributed by atoms with Crippen molar-refractivity contribution in [3.63, 3.8) is 0 Å². The first-order chi connectivity index (χ1) is 8.74. The maximum Gasteiger partial charge on any atom is 0.179 e. The highest BCUT2D eigenvalue weighted by Gasteiger charge is 2.12. The van der Waals surface area contributed by atoms with Crippen molar-refractivity contribution in [1.29, 1.82) is 0 Å². The largest absolute Gasteiger partial charge is 0.493 e. The van der Waals surface area contributed by atoms with E-state index in [1.807, 2.05) is 12.1 Å². The Labute approximate surface area is 113 Å². The second-order valence-electron chi connectivity index (χ2n) is 3.88. The molecule has 1 rings (SSSR count). The first kappa shape index (κ1) is 15.1. The fraction of sp³-hybridized carbons (Fsp3) is 0.538. The van der Waals surface area contributed by atoms with Crippen molar-refractivity contribution in [1.82, 2.24) is 5.32 Å². The van der Waals surface area contributed by atoms with Crippen LogP contribution in [0.2, 0.25) is 5.02 Å². The lowest BCUT2D eigenvalue weighted by Crippen LogP contribution is -2.15. The van der Waals surface area contributed by atoms with Gasteiger partial charge in [-0.1, -0.05) is 17.7 Å². The summed E-state index contributed by atoms with van der Waals surface area (Å²) in [7, 11) is 3.16. The highest BCUT2D eigenvalue weighted by atomic mass is 35.5. The fourth-order valence-corrected chi connectivity index (χ4v) is 1.95. The molecule has 0 bridgehead atoms. The standard InChI is InChI=1S/C13H20ClNO3/c1-17-11-6-5-10(12(14)13(11)18-2)9-15-7-3-4-8-16/h5-6,15-16H,3-4,7-9H2,1-2H3. The third kappa shape index (κ3) is 4.05. The van der Waals surface area contributed by atoms with Crippen LogP contribution in [0, 0.1) is 0 Å². The van der Waals surface area contributed by atoms with Crippen LogP contribution in [0.4, 0.5) is 0 Å². The Balaban J connectivity index is 2.61. The number of benzene rings is 1. The first-order valence-corrected chi connectivity index (χ1v) is 6.33. The van der Waals surface area contributed by atoms with Crippen molar-refractivity contribution < 1.29 is 14.6 Å². The summed E-state index contributed by atoms with van der Waals surface area (Å²) in [5.74, 6) is 1.19. The van der Waals surface area contributed by atoms with E-state index >= 15 is 0 Å². The number of hydrogen-bond donors (Lipinski definition) is 2. The zero-order valence-corrected chi connectivity index (χ0v) is 11.6. The van der Waals surface area contributed by atoms with Crippen molar-refractivity contribution in [2.24, 2.45) is 0 Å². The molecule has 2 N–H and O–H groups in total. The van der Waals surface area contributed by atoms with E-state index in [4.69, 9.17) is 26.2 Å². The molecule has 1 aromatic rings. The molecule has 5 heteroatoms. The van der Waals surface area contributed by atoms with Crippen molar-refractivity contribution in [3.8, 4) is 11.5 Å². The summed E-state index contributed by atoms with van der Waals surface area (Å²) < 4.78 is 10.4. The number of hydrogen-bond acceptors (Lipinski definition) is 4. The zero-order chi connectivity index (χ0) is 13.4. The van der Waals surface area contributed by atoms with Crippen LogP contribution in [0.1, 0.15) is 18.4 Å². The van der Waals surface area contributed by atoms with Crippen molar-refractivity contribution in [2.45, 2.75) is 19.4 Å². The lowest BCUT2D eigenvalue weighted by atomic mass is 10.2. The van der Waals surface area contributed by atoms with Gasteiger partial charge in [-0.25, -0.2) is 0 Å². The molecular formula is C13H20ClNO3. The molecule has 1 aromatic carbocycles. The van der Waals surface area contributed by atoms with Crippen LogP contribution in [0.5, 0.6) is 11.5 Å². The molecule has 0 amide bonds. The average molecular weight is 274 g/mol. The monoisotopic (exact) mass is 273 g/mol. The lowest BCUT2D eigenvalue weighted by Gasteiger charge is -2.13. The van der Waals surface area contributed by atoms with Crippen molar-refractivity contribution in [3.05, 3.63) is 22.7 Å². The van der Waals surface area contributed by atoms with Gasteiger partial charge in [-0.2, -0.15) is 0 Å². The summed E-state index contributed by atoms with van der Waals surface area (Å²) in [6.45, 7) is 1.76. The number of aliphatic hydroxyl groups excluding tert-OH is 1. The summed E-state index contributed by atoms with van der Waals surface area (Å²) in [6.07, 6.45) is 1.76. The Hall–Kier alpha value is -0.970. The van der Waals surface area contributed by atoms with Crippen LogP contribution in [0.15, 0.2) is 12.1 Å². The number of unbranched alkanes of at least 4 members (excludes halogenated alkanes) is 1. The minimum atomic E-state index is 0.235. The van der Waals surface area contributed by atoms with Gasteiger partial charge in [-0.3, -0.25) is 0 Å². The normalized spacial score (nSPS) is 10.4. The predicted molar refractivity (Wildman–Crippen MR) is 72.6 cm³/mol. The van der Waals surface area contributed by atoms with Crippen LogP contribution in [0.25, 0.3) is 0 Å². The Morgan fingerprint density at radius 3 is 2.61 bits per heavy atom. The fourth-order valence-electron chi connectivity index (χ4n) is 1.65. The molecule has 18 heavy (non-hydrogen) atoms. The second-order valence-corrected chi connectivity index (χ2v) is 4.26. The molecule has 0 atom stereocenters. The van der Waals surface area contributed by atoms with E-state index in [9.17, 15) is 0 Å². The third-order valence-corrected chi connectivity index (χ3v) is 3.06. The Bertz CT molecular complexity index is 371. The molecule has 0 spiro atoms. The molecule has 0 aliphatic rings. The molecule has 0 radical (unpaired) electrons. The SMILES string of the molecule is COc1ccc(CNCCCCO)c(Cl)c1OC. The summed E-state index contributed by atoms with van der Waals surface area (Å²) in [5.41, 5.74) is 0.971. The van der Waals surface area contributed by atoms with E-state index in [0.29, 0.717) is 23.1 Å². The van der Waals surface area contributed by atoms with Gasteiger partial charge in [-0.05, 0) is 31.0 Å². The van der Waals surface area contributed by atoms with Crippen LogP contribution in [-0.4, -0.2) is 32.5 Å². The Morgan fingerprint density at radius 2 is 2.00 bits per heavy atom. The maximum absolute atomic E-state index is 8.67. The van der Waals surface area contributed by atoms with Gasteiger partial charge in [-0.15, -0.1) is 0 Å². The molecule has 0 aliphatic carbocycles. The quantitative estimate of drug-likeness (QED) is 0.713. The summed E-state index contributed by atoms with van der Waals surface area (Å²) in [5, 5.41) is 12.5. The molecule has 0 saturated carbocycles. The second kappa shape index (κ2) is 8.19. The molecular weight excluding hydrogens is 254 g/mol. The maximum atomic E-state index is 8.67. The minimum absolute atomic E-state index is 0.235. The molecule has 0 fully saturated rings. The molecule has 0 aliphatic heterocycles. The van der Waals surface area contributed by atoms with Gasteiger partial charge in [0.1, 0.15) is 0 Å². The van der Waals surface area contributed by atoms with Gasteiger partial charge in [0.2, 0.25) is 0 Å². The van der Waals surface area contributed by atoms with Crippen LogP contribution >= 0.6 is 11.6 Å². The minimum Gasteiger partial charge on any atom is -0.493 e. The average Bonchev–Trinajstić information content (AvgIpc) is 2.39. The third-order valence-electron chi connectivity index (χ3n) is 2.64. The highest BCUT2D eigenvalue weighted by molar-refractivity contribution is 6.33. The van der Waals surface area contributed by atoms with Gasteiger partial charge < -0.3 is 19.9 Å². The number of halogens is 1. The Morgan fingerprint density at radius 1 is 1.22 bits per heavy atom. The van der Waals surface area contributed by atoms with Crippen molar-refractivity contribution >= 4 is 11.6 Å². The topological polar surface area (TPSA) is 50.7 Å². The summed E-state index contributed by atoms with van der Waals surface area (Å²) in [6, 6.07) is 3.76. The molecule has 4 nitrogen and oxygen atoms in total.